The molecule has 0 saturated carbocycles. The lowest BCUT2D eigenvalue weighted by atomic mass is 10.1. The van der Waals surface area contributed by atoms with Gasteiger partial charge in [0.15, 0.2) is 0 Å². The van der Waals surface area contributed by atoms with Crippen LogP contribution in [0.3, 0.4) is 0 Å². The zero-order chi connectivity index (χ0) is 17.9. The van der Waals surface area contributed by atoms with Crippen molar-refractivity contribution in [2.24, 2.45) is 0 Å². The molecule has 1 rings (SSSR count). The van der Waals surface area contributed by atoms with E-state index >= 15 is 0 Å². The van der Waals surface area contributed by atoms with E-state index in [0.717, 1.165) is 0 Å². The monoisotopic (exact) mass is 412 g/mol. The molecule has 0 amide bonds. The molecule has 0 N–H and O–H groups in total. The lowest BCUT2D eigenvalue weighted by Gasteiger charge is -2.26. The quantitative estimate of drug-likeness (QED) is 0.399. The molecule has 23 heavy (non-hydrogen) atoms. The second-order valence-corrected chi connectivity index (χ2v) is 5.00. The highest BCUT2D eigenvalue weighted by atomic mass is 79.9. The van der Waals surface area contributed by atoms with Crippen molar-refractivity contribution in [3.05, 3.63) is 28.7 Å². The molecule has 0 aliphatic rings. The molecule has 0 unspecified atom stereocenters. The van der Waals surface area contributed by atoms with E-state index in [2.05, 4.69) is 20.7 Å². The molecular weight excluding hydrogens is 405 g/mol. The fraction of sp³-hybridized carbons (Fsp3) is 0.417. The minimum atomic E-state index is -6.59. The molecule has 0 aliphatic heterocycles. The molecule has 0 aromatic heterocycles. The summed E-state index contributed by atoms with van der Waals surface area (Å²) in [4.78, 5) is 10.8. The summed E-state index contributed by atoms with van der Waals surface area (Å²) in [6.45, 7) is -1.44. The highest BCUT2D eigenvalue weighted by Crippen LogP contribution is 2.46. The molecule has 0 bridgehead atoms. The Morgan fingerprint density at radius 2 is 1.48 bits per heavy atom. The van der Waals surface area contributed by atoms with Crippen LogP contribution in [0.15, 0.2) is 28.7 Å². The molecule has 11 heteroatoms. The zero-order valence-electron chi connectivity index (χ0n) is 11.0. The average molecular weight is 413 g/mol. The summed E-state index contributed by atoms with van der Waals surface area (Å²) in [6, 6.07) is 6.05. The first-order valence-electron chi connectivity index (χ1n) is 5.77. The Kier molecular flexibility index (Phi) is 5.89. The molecule has 0 aliphatic carbocycles. The second kappa shape index (κ2) is 6.93. The standard InChI is InChI=1S/C12H8BrF7O3/c13-7-1-3-8(4-2-7)22-5-6-23-9(21)10(14,15)11(16,17)12(18,19)20/h1-4H,5-6H2. The van der Waals surface area contributed by atoms with Crippen LogP contribution in [0, 0.1) is 0 Å². The Morgan fingerprint density at radius 1 is 0.957 bits per heavy atom. The first-order valence-corrected chi connectivity index (χ1v) is 6.57. The van der Waals surface area contributed by atoms with E-state index in [0.29, 0.717) is 4.47 Å². The third kappa shape index (κ3) is 4.49. The third-order valence-corrected chi connectivity index (χ3v) is 2.93. The SMILES string of the molecule is O=C(OCCOc1ccc(Br)cc1)C(F)(F)C(F)(F)C(F)(F)F. The number of hydrogen-bond acceptors (Lipinski definition) is 3. The number of alkyl halides is 7. The van der Waals surface area contributed by atoms with Crippen molar-refractivity contribution in [1.82, 2.24) is 0 Å². The number of benzene rings is 1. The van der Waals surface area contributed by atoms with Crippen molar-refractivity contribution < 1.29 is 45.0 Å². The fourth-order valence-corrected chi connectivity index (χ4v) is 1.49. The minimum absolute atomic E-state index is 0.247. The van der Waals surface area contributed by atoms with Gasteiger partial charge in [-0.2, -0.15) is 30.7 Å². The summed E-state index contributed by atoms with van der Waals surface area (Å²) in [5, 5.41) is 0. The predicted molar refractivity (Wildman–Crippen MR) is 66.5 cm³/mol. The largest absolute Gasteiger partial charge is 0.490 e. The van der Waals surface area contributed by atoms with Gasteiger partial charge in [0.25, 0.3) is 0 Å². The van der Waals surface area contributed by atoms with Gasteiger partial charge in [-0.05, 0) is 24.3 Å². The van der Waals surface area contributed by atoms with Gasteiger partial charge >= 0.3 is 24.0 Å². The van der Waals surface area contributed by atoms with Crippen LogP contribution in [0.2, 0.25) is 0 Å². The van der Waals surface area contributed by atoms with Crippen LogP contribution in [0.5, 0.6) is 5.75 Å². The van der Waals surface area contributed by atoms with Gasteiger partial charge in [-0.25, -0.2) is 4.79 Å². The Morgan fingerprint density at radius 3 is 1.96 bits per heavy atom. The first-order chi connectivity index (χ1) is 10.4. The van der Waals surface area contributed by atoms with Crippen molar-refractivity contribution >= 4 is 21.9 Å². The summed E-state index contributed by atoms with van der Waals surface area (Å²) in [7, 11) is 0. The average Bonchev–Trinajstić information content (AvgIpc) is 2.43. The molecule has 0 fully saturated rings. The number of carbonyl (C=O) groups excluding carboxylic acids is 1. The zero-order valence-corrected chi connectivity index (χ0v) is 12.6. The van der Waals surface area contributed by atoms with E-state index < -0.39 is 37.2 Å². The molecule has 0 atom stereocenters. The molecule has 0 saturated heterocycles. The van der Waals surface area contributed by atoms with Gasteiger partial charge in [-0.15, -0.1) is 0 Å². The van der Waals surface area contributed by atoms with Gasteiger partial charge in [0.05, 0.1) is 0 Å². The first kappa shape index (κ1) is 19.5. The van der Waals surface area contributed by atoms with E-state index in [-0.39, 0.29) is 5.75 Å². The van der Waals surface area contributed by atoms with Crippen LogP contribution >= 0.6 is 15.9 Å². The predicted octanol–water partition coefficient (Wildman–Crippen LogP) is 4.20. The van der Waals surface area contributed by atoms with Crippen LogP contribution in [0.1, 0.15) is 0 Å². The van der Waals surface area contributed by atoms with Crippen LogP contribution in [-0.2, 0) is 9.53 Å². The summed E-state index contributed by atoms with van der Waals surface area (Å²) in [5.74, 6) is -15.3. The van der Waals surface area contributed by atoms with Crippen molar-refractivity contribution in [1.29, 1.82) is 0 Å². The summed E-state index contributed by atoms with van der Waals surface area (Å²) >= 11 is 3.13. The van der Waals surface area contributed by atoms with Crippen LogP contribution in [0.25, 0.3) is 0 Å². The maximum atomic E-state index is 12.9. The second-order valence-electron chi connectivity index (χ2n) is 4.08. The molecule has 0 spiro atoms. The van der Waals surface area contributed by atoms with Crippen LogP contribution in [-0.4, -0.2) is 37.2 Å². The molecule has 1 aromatic rings. The van der Waals surface area contributed by atoms with Gasteiger partial charge in [-0.1, -0.05) is 15.9 Å². The van der Waals surface area contributed by atoms with Crippen molar-refractivity contribution in [3.63, 3.8) is 0 Å². The Hall–Kier alpha value is -1.52. The lowest BCUT2D eigenvalue weighted by molar-refractivity contribution is -0.348. The summed E-state index contributed by atoms with van der Waals surface area (Å²) in [6.07, 6.45) is -6.59. The number of carbonyl (C=O) groups is 1. The number of esters is 1. The third-order valence-electron chi connectivity index (χ3n) is 2.41. The highest BCUT2D eigenvalue weighted by molar-refractivity contribution is 9.10. The minimum Gasteiger partial charge on any atom is -0.490 e. The number of halogens is 8. The topological polar surface area (TPSA) is 35.5 Å². The number of hydrogen-bond donors (Lipinski definition) is 0. The van der Waals surface area contributed by atoms with E-state index in [1.165, 1.54) is 12.1 Å². The van der Waals surface area contributed by atoms with Crippen LogP contribution in [0.4, 0.5) is 30.7 Å². The molecule has 1 aromatic carbocycles. The van der Waals surface area contributed by atoms with Gasteiger partial charge in [-0.3, -0.25) is 0 Å². The molecule has 0 radical (unpaired) electrons. The summed E-state index contributed by atoms with van der Waals surface area (Å²) < 4.78 is 95.9. The molecule has 0 heterocycles. The van der Waals surface area contributed by atoms with Crippen molar-refractivity contribution in [3.8, 4) is 5.75 Å². The fourth-order valence-electron chi connectivity index (χ4n) is 1.22. The Labute approximate surface area is 133 Å². The van der Waals surface area contributed by atoms with Crippen LogP contribution < -0.4 is 4.74 Å². The Bertz CT molecular complexity index is 543. The highest BCUT2D eigenvalue weighted by Gasteiger charge is 2.77. The molecule has 3 nitrogen and oxygen atoms in total. The molecule has 130 valence electrons. The Balaban J connectivity index is 2.54. The van der Waals surface area contributed by atoms with Gasteiger partial charge in [0.2, 0.25) is 0 Å². The molecular formula is C12H8BrF7O3. The van der Waals surface area contributed by atoms with Gasteiger partial charge in [0, 0.05) is 4.47 Å². The normalized spacial score (nSPS) is 12.9. The maximum Gasteiger partial charge on any atom is 0.460 e. The number of rotatable bonds is 6. The summed E-state index contributed by atoms with van der Waals surface area (Å²) in [5.41, 5.74) is 0. The lowest BCUT2D eigenvalue weighted by Crippen LogP contribution is -2.56. The maximum absolute atomic E-state index is 12.9. The van der Waals surface area contributed by atoms with Gasteiger partial charge < -0.3 is 9.47 Å². The van der Waals surface area contributed by atoms with E-state index in [9.17, 15) is 35.5 Å². The van der Waals surface area contributed by atoms with Crippen molar-refractivity contribution in [2.75, 3.05) is 13.2 Å². The van der Waals surface area contributed by atoms with Gasteiger partial charge in [0.1, 0.15) is 19.0 Å². The van der Waals surface area contributed by atoms with E-state index in [4.69, 9.17) is 4.74 Å². The van der Waals surface area contributed by atoms with E-state index in [1.807, 2.05) is 0 Å². The van der Waals surface area contributed by atoms with Crippen molar-refractivity contribution in [2.45, 2.75) is 18.0 Å². The number of ether oxygens (including phenoxy) is 2. The van der Waals surface area contributed by atoms with E-state index in [1.54, 1.807) is 12.1 Å². The smallest absolute Gasteiger partial charge is 0.460 e.